The lowest BCUT2D eigenvalue weighted by Gasteiger charge is -2.17. The number of ether oxygens (including phenoxy) is 2. The lowest BCUT2D eigenvalue weighted by atomic mass is 10.1. The van der Waals surface area contributed by atoms with Crippen LogP contribution in [0.15, 0.2) is 36.4 Å². The van der Waals surface area contributed by atoms with Crippen LogP contribution in [-0.4, -0.2) is 30.5 Å². The molecule has 1 unspecified atom stereocenters. The number of carbonyl (C=O) groups is 3. The van der Waals surface area contributed by atoms with Gasteiger partial charge in [-0.1, -0.05) is 12.1 Å². The SMILES string of the molecule is CCOC(=O)c1c(NC(C)=O)sc2c(OC(C)C(=O)Nc3ccc(F)cc3)c(C)ccc12. The van der Waals surface area contributed by atoms with Crippen molar-refractivity contribution in [2.24, 2.45) is 0 Å². The van der Waals surface area contributed by atoms with Crippen LogP contribution in [0.25, 0.3) is 10.1 Å². The van der Waals surface area contributed by atoms with Crippen LogP contribution < -0.4 is 15.4 Å². The average molecular weight is 459 g/mol. The van der Waals surface area contributed by atoms with Crippen molar-refractivity contribution in [3.63, 3.8) is 0 Å². The third-order valence-corrected chi connectivity index (χ3v) is 5.67. The van der Waals surface area contributed by atoms with Gasteiger partial charge in [0.15, 0.2) is 6.10 Å². The number of aryl methyl sites for hydroxylation is 1. The summed E-state index contributed by atoms with van der Waals surface area (Å²) in [7, 11) is 0. The van der Waals surface area contributed by atoms with Crippen molar-refractivity contribution in [2.75, 3.05) is 17.2 Å². The summed E-state index contributed by atoms with van der Waals surface area (Å²) in [4.78, 5) is 36.9. The van der Waals surface area contributed by atoms with E-state index in [4.69, 9.17) is 9.47 Å². The van der Waals surface area contributed by atoms with E-state index in [9.17, 15) is 18.8 Å². The first-order valence-electron chi connectivity index (χ1n) is 9.95. The van der Waals surface area contributed by atoms with Crippen LogP contribution >= 0.6 is 11.3 Å². The van der Waals surface area contributed by atoms with E-state index in [2.05, 4.69) is 10.6 Å². The van der Waals surface area contributed by atoms with Crippen molar-refractivity contribution in [2.45, 2.75) is 33.8 Å². The molecule has 9 heteroatoms. The molecular weight excluding hydrogens is 435 g/mol. The van der Waals surface area contributed by atoms with E-state index in [0.29, 0.717) is 26.5 Å². The van der Waals surface area contributed by atoms with Crippen molar-refractivity contribution in [1.29, 1.82) is 0 Å². The maximum Gasteiger partial charge on any atom is 0.341 e. The molecule has 2 N–H and O–H groups in total. The van der Waals surface area contributed by atoms with Gasteiger partial charge < -0.3 is 20.1 Å². The monoisotopic (exact) mass is 458 g/mol. The van der Waals surface area contributed by atoms with Gasteiger partial charge in [0, 0.05) is 18.0 Å². The highest BCUT2D eigenvalue weighted by Crippen LogP contribution is 2.43. The fraction of sp³-hybridized carbons (Fsp3) is 0.261. The first kappa shape index (κ1) is 23.2. The first-order valence-corrected chi connectivity index (χ1v) is 10.8. The molecule has 2 amide bonds. The van der Waals surface area contributed by atoms with Crippen molar-refractivity contribution >= 4 is 49.9 Å². The molecule has 3 aromatic rings. The zero-order chi connectivity index (χ0) is 23.4. The molecule has 0 aliphatic rings. The predicted octanol–water partition coefficient (Wildman–Crippen LogP) is 4.89. The smallest absolute Gasteiger partial charge is 0.341 e. The Kier molecular flexibility index (Phi) is 7.09. The second kappa shape index (κ2) is 9.78. The highest BCUT2D eigenvalue weighted by molar-refractivity contribution is 7.24. The number of anilines is 2. The minimum absolute atomic E-state index is 0.186. The van der Waals surface area contributed by atoms with Gasteiger partial charge in [-0.3, -0.25) is 9.59 Å². The summed E-state index contributed by atoms with van der Waals surface area (Å²) in [5, 5.41) is 6.26. The molecule has 0 saturated heterocycles. The number of hydrogen-bond acceptors (Lipinski definition) is 6. The molecule has 0 radical (unpaired) electrons. The summed E-state index contributed by atoms with van der Waals surface area (Å²) in [5.74, 6) is -1.28. The van der Waals surface area contributed by atoms with Crippen LogP contribution in [0, 0.1) is 12.7 Å². The van der Waals surface area contributed by atoms with Gasteiger partial charge >= 0.3 is 5.97 Å². The second-order valence-electron chi connectivity index (χ2n) is 7.05. The molecule has 32 heavy (non-hydrogen) atoms. The highest BCUT2D eigenvalue weighted by Gasteiger charge is 2.25. The summed E-state index contributed by atoms with van der Waals surface area (Å²) in [6, 6.07) is 8.94. The van der Waals surface area contributed by atoms with Crippen molar-refractivity contribution in [3.05, 3.63) is 53.3 Å². The van der Waals surface area contributed by atoms with Crippen molar-refractivity contribution < 1.29 is 28.2 Å². The van der Waals surface area contributed by atoms with E-state index in [1.54, 1.807) is 26.0 Å². The Labute approximate surface area is 188 Å². The average Bonchev–Trinajstić information content (AvgIpc) is 3.09. The molecule has 0 fully saturated rings. The third kappa shape index (κ3) is 5.05. The van der Waals surface area contributed by atoms with Crippen LogP contribution in [0.1, 0.15) is 36.7 Å². The minimum atomic E-state index is -0.887. The largest absolute Gasteiger partial charge is 0.479 e. The Hall–Kier alpha value is -3.46. The fourth-order valence-electron chi connectivity index (χ4n) is 3.04. The first-order chi connectivity index (χ1) is 15.2. The summed E-state index contributed by atoms with van der Waals surface area (Å²) in [6.45, 7) is 6.65. The number of rotatable bonds is 7. The zero-order valence-electron chi connectivity index (χ0n) is 18.1. The summed E-state index contributed by atoms with van der Waals surface area (Å²) < 4.78 is 24.9. The molecule has 0 aliphatic heterocycles. The van der Waals surface area contributed by atoms with Crippen LogP contribution in [0.3, 0.4) is 0 Å². The van der Waals surface area contributed by atoms with E-state index >= 15 is 0 Å². The number of benzene rings is 2. The number of amides is 2. The number of carbonyl (C=O) groups excluding carboxylic acids is 3. The number of esters is 1. The van der Waals surface area contributed by atoms with E-state index in [-0.39, 0.29) is 18.1 Å². The van der Waals surface area contributed by atoms with E-state index in [1.807, 2.05) is 6.92 Å². The molecule has 7 nitrogen and oxygen atoms in total. The molecule has 0 aliphatic carbocycles. The van der Waals surface area contributed by atoms with Gasteiger partial charge in [0.05, 0.1) is 11.3 Å². The highest BCUT2D eigenvalue weighted by atomic mass is 32.1. The Morgan fingerprint density at radius 1 is 1.09 bits per heavy atom. The maximum atomic E-state index is 13.1. The van der Waals surface area contributed by atoms with Gasteiger partial charge in [0.1, 0.15) is 22.1 Å². The van der Waals surface area contributed by atoms with Gasteiger partial charge in [0.2, 0.25) is 5.91 Å². The molecule has 2 aromatic carbocycles. The van der Waals surface area contributed by atoms with Crippen LogP contribution in [0.2, 0.25) is 0 Å². The molecule has 0 spiro atoms. The van der Waals surface area contributed by atoms with Crippen LogP contribution in [-0.2, 0) is 14.3 Å². The number of halogens is 1. The van der Waals surface area contributed by atoms with Crippen molar-refractivity contribution in [1.82, 2.24) is 0 Å². The van der Waals surface area contributed by atoms with Crippen molar-refractivity contribution in [3.8, 4) is 5.75 Å². The number of fused-ring (bicyclic) bond motifs is 1. The predicted molar refractivity (Wildman–Crippen MR) is 122 cm³/mol. The lowest BCUT2D eigenvalue weighted by molar-refractivity contribution is -0.122. The van der Waals surface area contributed by atoms with E-state index < -0.39 is 23.8 Å². The Morgan fingerprint density at radius 3 is 2.41 bits per heavy atom. The molecule has 1 heterocycles. The molecule has 1 atom stereocenters. The topological polar surface area (TPSA) is 93.7 Å². The molecule has 1 aromatic heterocycles. The quantitative estimate of drug-likeness (QED) is 0.492. The lowest BCUT2D eigenvalue weighted by Crippen LogP contribution is -2.30. The van der Waals surface area contributed by atoms with E-state index in [0.717, 1.165) is 5.56 Å². The van der Waals surface area contributed by atoms with Gasteiger partial charge in [-0.25, -0.2) is 9.18 Å². The molecule has 168 valence electrons. The fourth-order valence-corrected chi connectivity index (χ4v) is 4.32. The second-order valence-corrected chi connectivity index (χ2v) is 8.07. The summed E-state index contributed by atoms with van der Waals surface area (Å²) in [5.41, 5.74) is 1.44. The van der Waals surface area contributed by atoms with Gasteiger partial charge in [-0.2, -0.15) is 0 Å². The normalized spacial score (nSPS) is 11.7. The number of hydrogen-bond donors (Lipinski definition) is 2. The van der Waals surface area contributed by atoms with Gasteiger partial charge in [0.25, 0.3) is 5.91 Å². The molecule has 3 rings (SSSR count). The van der Waals surface area contributed by atoms with E-state index in [1.165, 1.54) is 42.5 Å². The standard InChI is InChI=1S/C23H23FN2O5S/c1-5-30-23(29)18-17-11-6-12(2)19(20(17)32-22(18)25-14(4)27)31-13(3)21(28)26-16-9-7-15(24)8-10-16/h6-11,13H,5H2,1-4H3,(H,25,27)(H,26,28). The molecular formula is C23H23FN2O5S. The number of nitrogens with one attached hydrogen (secondary N) is 2. The molecule has 0 bridgehead atoms. The van der Waals surface area contributed by atoms with Crippen LogP contribution in [0.4, 0.5) is 15.1 Å². The third-order valence-electron chi connectivity index (χ3n) is 4.55. The Bertz CT molecular complexity index is 1170. The zero-order valence-corrected chi connectivity index (χ0v) is 18.9. The van der Waals surface area contributed by atoms with Gasteiger partial charge in [-0.15, -0.1) is 11.3 Å². The maximum absolute atomic E-state index is 13.1. The Morgan fingerprint density at radius 2 is 1.78 bits per heavy atom. The summed E-state index contributed by atoms with van der Waals surface area (Å²) in [6.07, 6.45) is -0.887. The number of thiophene rings is 1. The molecule has 0 saturated carbocycles. The minimum Gasteiger partial charge on any atom is -0.479 e. The summed E-state index contributed by atoms with van der Waals surface area (Å²) >= 11 is 1.18. The van der Waals surface area contributed by atoms with Gasteiger partial charge in [-0.05, 0) is 50.6 Å². The van der Waals surface area contributed by atoms with Crippen LogP contribution in [0.5, 0.6) is 5.75 Å². The Balaban J connectivity index is 1.95.